The van der Waals surface area contributed by atoms with Crippen molar-refractivity contribution < 1.29 is 0 Å². The van der Waals surface area contributed by atoms with Crippen molar-refractivity contribution in [2.45, 2.75) is 113 Å². The van der Waals surface area contributed by atoms with Gasteiger partial charge in [-0.15, -0.1) is 6.58 Å². The van der Waals surface area contributed by atoms with Crippen LogP contribution in [0.25, 0.3) is 22.3 Å². The monoisotopic (exact) mass is 734 g/mol. The summed E-state index contributed by atoms with van der Waals surface area (Å²) in [5, 5.41) is 0. The molecule has 0 fully saturated rings. The topological polar surface area (TPSA) is 6.48 Å². The Morgan fingerprint density at radius 2 is 1.09 bits per heavy atom. The fourth-order valence-corrected chi connectivity index (χ4v) is 5.99. The third-order valence-corrected chi connectivity index (χ3v) is 8.90. The summed E-state index contributed by atoms with van der Waals surface area (Å²) in [5.41, 5.74) is 14.4. The van der Waals surface area contributed by atoms with Gasteiger partial charge < -0.3 is 8.01 Å². The second-order valence-corrected chi connectivity index (χ2v) is 13.4. The van der Waals surface area contributed by atoms with Crippen LogP contribution in [0.15, 0.2) is 86.1 Å². The summed E-state index contributed by atoms with van der Waals surface area (Å²) in [6.45, 7) is 26.4. The van der Waals surface area contributed by atoms with E-state index in [4.69, 9.17) is 0 Å². The molecule has 0 aliphatic heterocycles. The molecule has 46 heavy (non-hydrogen) atoms. The molecule has 2 nitrogen and oxygen atoms in total. The highest BCUT2D eigenvalue weighted by Gasteiger charge is 2.17. The average Bonchev–Trinajstić information content (AvgIpc) is 3.05. The molecule has 3 aromatic carbocycles. The smallest absolute Gasteiger partial charge is 0.0588 e. The Morgan fingerprint density at radius 3 is 1.46 bits per heavy atom. The quantitative estimate of drug-likeness (QED) is 0.0475. The molecule has 0 aliphatic carbocycles. The van der Waals surface area contributed by atoms with E-state index in [9.17, 15) is 0 Å². The van der Waals surface area contributed by atoms with Crippen LogP contribution in [0.5, 0.6) is 0 Å². The zero-order valence-corrected chi connectivity index (χ0v) is 32.9. The fraction of sp³-hybridized carbons (Fsp3) is 0.442. The molecule has 3 heteroatoms. The fourth-order valence-electron chi connectivity index (χ4n) is 5.69. The van der Waals surface area contributed by atoms with E-state index in [2.05, 4.69) is 141 Å². The Bertz CT molecular complexity index is 1370. The van der Waals surface area contributed by atoms with Crippen molar-refractivity contribution >= 4 is 34.2 Å². The summed E-state index contributed by atoms with van der Waals surface area (Å²) < 4.78 is 2.16. The molecule has 0 saturated carbocycles. The standard InChI is InChI=1S/C38H51IN2.C3H6.C2H6/c1-9-12-14-16-18-31-27-38(36-23-21-34(41(8)39)25-29(36)5)32(19-17-15-13-10-2)26-37(31)35-22-20-33(24-28(35)4)40(7)30(6)11-3;1-3-2;1-2/h11,20-27H,3,6,9-10,12-19H2,1-2,4-5,7-8H3;3H,1H2,2H3;1-2H3. The number of hydrogen-bond acceptors (Lipinski definition) is 2. The van der Waals surface area contributed by atoms with Crippen LogP contribution in [0.4, 0.5) is 11.4 Å². The molecule has 0 aliphatic rings. The van der Waals surface area contributed by atoms with Crippen LogP contribution < -0.4 is 8.01 Å². The van der Waals surface area contributed by atoms with Gasteiger partial charge in [0.25, 0.3) is 0 Å². The number of benzene rings is 3. The number of allylic oxidation sites excluding steroid dienone is 2. The summed E-state index contributed by atoms with van der Waals surface area (Å²) in [5.74, 6) is 0. The molecule has 0 spiro atoms. The molecule has 0 saturated heterocycles. The first-order chi connectivity index (χ1) is 22.1. The van der Waals surface area contributed by atoms with E-state index < -0.39 is 0 Å². The van der Waals surface area contributed by atoms with E-state index in [1.165, 1.54) is 102 Å². The van der Waals surface area contributed by atoms with Gasteiger partial charge in [0.05, 0.1) is 22.9 Å². The number of aryl methyl sites for hydroxylation is 4. The minimum absolute atomic E-state index is 0.905. The van der Waals surface area contributed by atoms with Gasteiger partial charge in [-0.2, -0.15) is 0 Å². The van der Waals surface area contributed by atoms with Gasteiger partial charge in [-0.05, 0) is 121 Å². The zero-order chi connectivity index (χ0) is 34.6. The predicted octanol–water partition coefficient (Wildman–Crippen LogP) is 14.0. The third kappa shape index (κ3) is 12.4. The Kier molecular flexibility index (Phi) is 20.3. The third-order valence-electron chi connectivity index (χ3n) is 8.34. The molecule has 252 valence electrons. The second kappa shape index (κ2) is 22.7. The van der Waals surface area contributed by atoms with Crippen LogP contribution in [0.3, 0.4) is 0 Å². The number of unbranched alkanes of at least 4 members (excludes halogenated alkanes) is 6. The van der Waals surface area contributed by atoms with Gasteiger partial charge in [-0.1, -0.05) is 110 Å². The number of rotatable bonds is 16. The van der Waals surface area contributed by atoms with Crippen LogP contribution >= 0.6 is 22.9 Å². The predicted molar refractivity (Wildman–Crippen MR) is 220 cm³/mol. The summed E-state index contributed by atoms with van der Waals surface area (Å²) in [7, 11) is 4.17. The molecule has 0 aromatic heterocycles. The molecule has 3 rings (SSSR count). The first-order valence-corrected chi connectivity index (χ1v) is 18.5. The lowest BCUT2D eigenvalue weighted by Crippen LogP contribution is -2.13. The van der Waals surface area contributed by atoms with Crippen molar-refractivity contribution in [2.24, 2.45) is 0 Å². The van der Waals surface area contributed by atoms with E-state index in [0.29, 0.717) is 0 Å². The van der Waals surface area contributed by atoms with Crippen molar-refractivity contribution in [2.75, 3.05) is 22.1 Å². The summed E-state index contributed by atoms with van der Waals surface area (Å²) in [4.78, 5) is 2.11. The van der Waals surface area contributed by atoms with E-state index >= 15 is 0 Å². The van der Waals surface area contributed by atoms with E-state index in [1.54, 1.807) is 6.08 Å². The molecule has 0 amide bonds. The van der Waals surface area contributed by atoms with Crippen LogP contribution in [0.1, 0.15) is 108 Å². The summed E-state index contributed by atoms with van der Waals surface area (Å²) in [6.07, 6.45) is 15.9. The van der Waals surface area contributed by atoms with Gasteiger partial charge >= 0.3 is 0 Å². The highest BCUT2D eigenvalue weighted by atomic mass is 127. The molecule has 0 bridgehead atoms. The second-order valence-electron chi connectivity index (χ2n) is 11.9. The van der Waals surface area contributed by atoms with Crippen molar-refractivity contribution in [3.05, 3.63) is 108 Å². The van der Waals surface area contributed by atoms with Gasteiger partial charge in [0.2, 0.25) is 0 Å². The first kappa shape index (κ1) is 41.2. The lowest BCUT2D eigenvalue weighted by atomic mass is 9.85. The van der Waals surface area contributed by atoms with Gasteiger partial charge in [0.1, 0.15) is 0 Å². The van der Waals surface area contributed by atoms with Crippen molar-refractivity contribution in [3.63, 3.8) is 0 Å². The Balaban J connectivity index is 0.00000199. The molecule has 0 heterocycles. The first-order valence-electron chi connectivity index (χ1n) is 17.5. The van der Waals surface area contributed by atoms with Gasteiger partial charge in [-0.3, -0.25) is 0 Å². The van der Waals surface area contributed by atoms with Gasteiger partial charge in [0.15, 0.2) is 0 Å². The molecule has 0 N–H and O–H groups in total. The van der Waals surface area contributed by atoms with E-state index in [0.717, 1.165) is 24.2 Å². The maximum absolute atomic E-state index is 4.14. The molecule has 0 atom stereocenters. The van der Waals surface area contributed by atoms with Crippen molar-refractivity contribution in [1.82, 2.24) is 0 Å². The van der Waals surface area contributed by atoms with E-state index in [-0.39, 0.29) is 0 Å². The Morgan fingerprint density at radius 1 is 0.674 bits per heavy atom. The normalized spacial score (nSPS) is 10.2. The highest BCUT2D eigenvalue weighted by Crippen LogP contribution is 2.39. The zero-order valence-electron chi connectivity index (χ0n) is 30.7. The maximum atomic E-state index is 4.14. The summed E-state index contributed by atoms with van der Waals surface area (Å²) >= 11 is 2.36. The number of hydrogen-bond donors (Lipinski definition) is 0. The van der Waals surface area contributed by atoms with Crippen LogP contribution in [-0.2, 0) is 12.8 Å². The van der Waals surface area contributed by atoms with Crippen LogP contribution in [0.2, 0.25) is 0 Å². The van der Waals surface area contributed by atoms with E-state index in [1.807, 2.05) is 26.8 Å². The van der Waals surface area contributed by atoms with Crippen molar-refractivity contribution in [1.29, 1.82) is 0 Å². The summed E-state index contributed by atoms with van der Waals surface area (Å²) in [6, 6.07) is 18.9. The molecule has 0 unspecified atom stereocenters. The molecule has 0 radical (unpaired) electrons. The van der Waals surface area contributed by atoms with Crippen LogP contribution in [-0.4, -0.2) is 14.1 Å². The number of anilines is 2. The number of halogens is 1. The maximum Gasteiger partial charge on any atom is 0.0588 e. The van der Waals surface area contributed by atoms with Gasteiger partial charge in [-0.25, -0.2) is 0 Å². The van der Waals surface area contributed by atoms with Crippen LogP contribution in [0, 0.1) is 13.8 Å². The SMILES string of the molecule is C=CC.C=CC(=C)N(C)c1ccc(-c2cc(CCCCCC)c(-c3ccc(N(C)I)cc3C)cc2CCCCCC)c(C)c1.CC. The number of nitrogens with zero attached hydrogens (tertiary/aromatic N) is 2. The molecular formula is C43H63IN2. The van der Waals surface area contributed by atoms with Gasteiger partial charge in [0, 0.05) is 31.2 Å². The largest absolute Gasteiger partial charge is 0.345 e. The highest BCUT2D eigenvalue weighted by molar-refractivity contribution is 14.1. The molecule has 3 aromatic rings. The molecular weight excluding hydrogens is 671 g/mol. The lowest BCUT2D eigenvalue weighted by molar-refractivity contribution is 0.664. The average molecular weight is 735 g/mol. The minimum Gasteiger partial charge on any atom is -0.345 e. The Hall–Kier alpha value is -2.79. The number of likely N-dealkylation sites (N-methyl/N-ethyl adjacent to an activating group) is 1. The Labute approximate surface area is 298 Å². The lowest BCUT2D eigenvalue weighted by Gasteiger charge is -2.23. The van der Waals surface area contributed by atoms with Crippen molar-refractivity contribution in [3.8, 4) is 22.3 Å². The minimum atomic E-state index is 0.905.